The topological polar surface area (TPSA) is 52.6 Å². The Balaban J connectivity index is 1.59. The van der Waals surface area contributed by atoms with Gasteiger partial charge in [0, 0.05) is 30.2 Å². The molecular formula is C22H23BrO4S. The molecule has 2 fully saturated rings. The Morgan fingerprint density at radius 3 is 1.96 bits per heavy atom. The zero-order valence-corrected chi connectivity index (χ0v) is 18.9. The molecule has 0 saturated carbocycles. The number of cyclic esters (lactones) is 2. The van der Waals surface area contributed by atoms with Gasteiger partial charge >= 0.3 is 11.9 Å². The number of esters is 2. The zero-order valence-electron chi connectivity index (χ0n) is 16.5. The molecule has 3 heterocycles. The van der Waals surface area contributed by atoms with E-state index in [9.17, 15) is 9.59 Å². The smallest absolute Gasteiger partial charge is 0.310 e. The highest BCUT2D eigenvalue weighted by Crippen LogP contribution is 2.33. The number of carbonyl (C=O) groups is 2. The van der Waals surface area contributed by atoms with E-state index in [0.29, 0.717) is 25.7 Å². The fourth-order valence-electron chi connectivity index (χ4n) is 3.49. The lowest BCUT2D eigenvalue weighted by Crippen LogP contribution is -2.17. The molecule has 3 rings (SSSR count). The molecular weight excluding hydrogens is 440 g/mol. The maximum absolute atomic E-state index is 11.8. The first-order valence-electron chi connectivity index (χ1n) is 9.27. The minimum atomic E-state index is -0.392. The van der Waals surface area contributed by atoms with Crippen LogP contribution in [0.4, 0.5) is 0 Å². The minimum absolute atomic E-state index is 0.152. The van der Waals surface area contributed by atoms with Gasteiger partial charge in [-0.15, -0.1) is 11.3 Å². The van der Waals surface area contributed by atoms with E-state index in [1.165, 1.54) is 11.3 Å². The van der Waals surface area contributed by atoms with Gasteiger partial charge in [0.25, 0.3) is 0 Å². The van der Waals surface area contributed by atoms with E-state index >= 15 is 0 Å². The van der Waals surface area contributed by atoms with E-state index < -0.39 is 5.60 Å². The second kappa shape index (κ2) is 7.93. The molecule has 148 valence electrons. The second-order valence-corrected chi connectivity index (χ2v) is 10.4. The number of hydrogen-bond acceptors (Lipinski definition) is 5. The highest BCUT2D eigenvalue weighted by atomic mass is 79.9. The zero-order chi connectivity index (χ0) is 20.5. The quantitative estimate of drug-likeness (QED) is 0.472. The largest absolute Gasteiger partial charge is 0.459 e. The summed E-state index contributed by atoms with van der Waals surface area (Å²) in [6.45, 7) is 7.69. The van der Waals surface area contributed by atoms with Crippen LogP contribution < -0.4 is 0 Å². The molecule has 1 aromatic rings. The van der Waals surface area contributed by atoms with Gasteiger partial charge < -0.3 is 9.47 Å². The van der Waals surface area contributed by atoms with E-state index in [1.807, 2.05) is 33.8 Å². The van der Waals surface area contributed by atoms with Gasteiger partial charge in [-0.2, -0.15) is 0 Å². The predicted molar refractivity (Wildman–Crippen MR) is 112 cm³/mol. The monoisotopic (exact) mass is 462 g/mol. The molecule has 1 aromatic heterocycles. The molecule has 0 amide bonds. The summed E-state index contributed by atoms with van der Waals surface area (Å²) in [5.74, 6) is 11.8. The van der Waals surface area contributed by atoms with Crippen molar-refractivity contribution in [3.63, 3.8) is 0 Å². The summed E-state index contributed by atoms with van der Waals surface area (Å²) in [6.07, 6.45) is 2.39. The molecule has 6 heteroatoms. The first-order chi connectivity index (χ1) is 13.0. The summed E-state index contributed by atoms with van der Waals surface area (Å²) in [6, 6.07) is 1.94. The summed E-state index contributed by atoms with van der Waals surface area (Å²) in [5.41, 5.74) is -0.782. The SMILES string of the molecule is CC1(C)CC(CC#Cc2cc(Br)c(C#CCC3CC(C)(C)OC3=O)s2)C(=O)O1. The number of thiophene rings is 1. The van der Waals surface area contributed by atoms with Crippen LogP contribution in [0.3, 0.4) is 0 Å². The van der Waals surface area contributed by atoms with Crippen LogP contribution in [-0.2, 0) is 19.1 Å². The van der Waals surface area contributed by atoms with Crippen molar-refractivity contribution in [2.45, 2.75) is 64.6 Å². The standard InChI is InChI=1S/C22H23BrO4S/c1-21(2)12-14(19(24)26-21)7-5-9-16-11-17(23)18(28-16)10-6-8-15-13-22(3,4)27-20(15)25/h11,14-15H,7-8,12-13H2,1-4H3. The van der Waals surface area contributed by atoms with Crippen LogP contribution in [0.5, 0.6) is 0 Å². The molecule has 0 bridgehead atoms. The van der Waals surface area contributed by atoms with Crippen molar-refractivity contribution in [2.24, 2.45) is 11.8 Å². The van der Waals surface area contributed by atoms with Gasteiger partial charge in [-0.25, -0.2) is 0 Å². The number of hydrogen-bond donors (Lipinski definition) is 0. The molecule has 2 unspecified atom stereocenters. The van der Waals surface area contributed by atoms with E-state index in [4.69, 9.17) is 9.47 Å². The first-order valence-corrected chi connectivity index (χ1v) is 10.9. The Bertz CT molecular complexity index is 920. The molecule has 0 spiro atoms. The van der Waals surface area contributed by atoms with Crippen molar-refractivity contribution in [1.82, 2.24) is 0 Å². The van der Waals surface area contributed by atoms with E-state index in [2.05, 4.69) is 39.6 Å². The number of ether oxygens (including phenoxy) is 2. The Kier molecular flexibility index (Phi) is 5.94. The minimum Gasteiger partial charge on any atom is -0.459 e. The van der Waals surface area contributed by atoms with Gasteiger partial charge in [0.15, 0.2) is 0 Å². The first kappa shape index (κ1) is 21.0. The van der Waals surface area contributed by atoms with Crippen LogP contribution in [0.2, 0.25) is 0 Å². The highest BCUT2D eigenvalue weighted by molar-refractivity contribution is 9.10. The third-order valence-electron chi connectivity index (χ3n) is 4.69. The van der Waals surface area contributed by atoms with Crippen molar-refractivity contribution in [3.05, 3.63) is 20.3 Å². The maximum Gasteiger partial charge on any atom is 0.310 e. The summed E-state index contributed by atoms with van der Waals surface area (Å²) in [4.78, 5) is 25.5. The third-order valence-corrected chi connectivity index (χ3v) is 6.55. The Hall–Kier alpha value is -1.76. The predicted octanol–water partition coefficient (Wildman–Crippen LogP) is 4.68. The Labute approximate surface area is 178 Å². The van der Waals surface area contributed by atoms with Gasteiger partial charge in [0.1, 0.15) is 11.2 Å². The van der Waals surface area contributed by atoms with Crippen LogP contribution in [-0.4, -0.2) is 23.1 Å². The summed E-state index contributed by atoms with van der Waals surface area (Å²) in [5, 5.41) is 0. The molecule has 2 aliphatic heterocycles. The average molecular weight is 463 g/mol. The third kappa shape index (κ3) is 5.19. The fourth-order valence-corrected chi connectivity index (χ4v) is 5.01. The molecule has 0 radical (unpaired) electrons. The molecule has 2 saturated heterocycles. The van der Waals surface area contributed by atoms with E-state index in [0.717, 1.165) is 14.2 Å². The van der Waals surface area contributed by atoms with Gasteiger partial charge in [-0.05, 0) is 49.7 Å². The molecule has 2 atom stereocenters. The fraction of sp³-hybridized carbons (Fsp3) is 0.545. The normalized spacial score (nSPS) is 24.6. The molecule has 0 N–H and O–H groups in total. The van der Waals surface area contributed by atoms with Crippen molar-refractivity contribution in [1.29, 1.82) is 0 Å². The number of rotatable bonds is 2. The summed E-state index contributed by atoms with van der Waals surface area (Å²) >= 11 is 5.02. The molecule has 0 aliphatic carbocycles. The number of halogens is 1. The highest BCUT2D eigenvalue weighted by Gasteiger charge is 2.40. The Morgan fingerprint density at radius 2 is 1.50 bits per heavy atom. The van der Waals surface area contributed by atoms with Crippen molar-refractivity contribution in [2.75, 3.05) is 0 Å². The van der Waals surface area contributed by atoms with Gasteiger partial charge in [0.2, 0.25) is 0 Å². The van der Waals surface area contributed by atoms with Crippen LogP contribution in [0.15, 0.2) is 10.5 Å². The van der Waals surface area contributed by atoms with Crippen LogP contribution in [0.1, 0.15) is 63.1 Å². The van der Waals surface area contributed by atoms with Gasteiger partial charge in [0.05, 0.1) is 21.6 Å². The van der Waals surface area contributed by atoms with E-state index in [-0.39, 0.29) is 29.4 Å². The average Bonchev–Trinajstić information content (AvgIpc) is 3.13. The lowest BCUT2D eigenvalue weighted by atomic mass is 9.95. The van der Waals surface area contributed by atoms with Crippen LogP contribution >= 0.6 is 27.3 Å². The number of carbonyl (C=O) groups excluding carboxylic acids is 2. The van der Waals surface area contributed by atoms with Gasteiger partial charge in [-0.1, -0.05) is 23.7 Å². The summed E-state index contributed by atoms with van der Waals surface area (Å²) in [7, 11) is 0. The van der Waals surface area contributed by atoms with Gasteiger partial charge in [-0.3, -0.25) is 9.59 Å². The molecule has 0 aromatic carbocycles. The van der Waals surface area contributed by atoms with Crippen molar-refractivity contribution < 1.29 is 19.1 Å². The Morgan fingerprint density at radius 1 is 1.00 bits per heavy atom. The molecule has 4 nitrogen and oxygen atoms in total. The molecule has 28 heavy (non-hydrogen) atoms. The van der Waals surface area contributed by atoms with Crippen molar-refractivity contribution >= 4 is 39.2 Å². The second-order valence-electron chi connectivity index (χ2n) is 8.46. The summed E-state index contributed by atoms with van der Waals surface area (Å²) < 4.78 is 11.6. The lowest BCUT2D eigenvalue weighted by Gasteiger charge is -2.14. The maximum atomic E-state index is 11.8. The molecule has 2 aliphatic rings. The van der Waals surface area contributed by atoms with Crippen LogP contribution in [0, 0.1) is 35.5 Å². The van der Waals surface area contributed by atoms with Crippen LogP contribution in [0.25, 0.3) is 0 Å². The lowest BCUT2D eigenvalue weighted by molar-refractivity contribution is -0.149. The van der Waals surface area contributed by atoms with Crippen molar-refractivity contribution in [3.8, 4) is 23.7 Å². The van der Waals surface area contributed by atoms with E-state index in [1.54, 1.807) is 0 Å².